The summed E-state index contributed by atoms with van der Waals surface area (Å²) in [5.41, 5.74) is 3.66. The summed E-state index contributed by atoms with van der Waals surface area (Å²) in [4.78, 5) is 14.3. The Morgan fingerprint density at radius 2 is 1.70 bits per heavy atom. The van der Waals surface area contributed by atoms with Gasteiger partial charge in [0.05, 0.1) is 0 Å². The van der Waals surface area contributed by atoms with Gasteiger partial charge in [-0.25, -0.2) is 0 Å². The van der Waals surface area contributed by atoms with Crippen LogP contribution in [0, 0.1) is 6.92 Å². The van der Waals surface area contributed by atoms with E-state index in [0.717, 1.165) is 25.2 Å². The first-order chi connectivity index (χ1) is 11.2. The number of hydrogen-bond donors (Lipinski definition) is 1. The zero-order valence-electron chi connectivity index (χ0n) is 14.1. The molecule has 2 aromatic rings. The highest BCUT2D eigenvalue weighted by Crippen LogP contribution is 2.05. The Labute approximate surface area is 139 Å². The maximum atomic E-state index is 12.0. The van der Waals surface area contributed by atoms with Crippen LogP contribution in [0.25, 0.3) is 0 Å². The lowest BCUT2D eigenvalue weighted by Gasteiger charge is -2.20. The van der Waals surface area contributed by atoms with Crippen LogP contribution in [0.4, 0.5) is 0 Å². The third-order valence-corrected chi connectivity index (χ3v) is 3.96. The van der Waals surface area contributed by atoms with Gasteiger partial charge in [0.15, 0.2) is 0 Å². The van der Waals surface area contributed by atoms with Crippen molar-refractivity contribution in [3.63, 3.8) is 0 Å². The van der Waals surface area contributed by atoms with Gasteiger partial charge in [-0.3, -0.25) is 9.69 Å². The molecule has 2 aromatic carbocycles. The Morgan fingerprint density at radius 3 is 2.35 bits per heavy atom. The first-order valence-corrected chi connectivity index (χ1v) is 8.26. The van der Waals surface area contributed by atoms with Crippen molar-refractivity contribution < 1.29 is 4.79 Å². The van der Waals surface area contributed by atoms with Crippen LogP contribution in [0.15, 0.2) is 54.6 Å². The Morgan fingerprint density at radius 1 is 1.00 bits per heavy atom. The molecule has 0 bridgehead atoms. The fraction of sp³-hybridized carbons (Fsp3) is 0.350. The summed E-state index contributed by atoms with van der Waals surface area (Å²) in [7, 11) is 0. The van der Waals surface area contributed by atoms with Crippen molar-refractivity contribution in [2.24, 2.45) is 0 Å². The SMILES string of the molecule is CCN(CCC(=O)NCc1ccc(C)cc1)Cc1ccccc1. The van der Waals surface area contributed by atoms with Gasteiger partial charge in [-0.1, -0.05) is 67.1 Å². The topological polar surface area (TPSA) is 32.3 Å². The fourth-order valence-corrected chi connectivity index (χ4v) is 2.45. The van der Waals surface area contributed by atoms with Gasteiger partial charge in [-0.15, -0.1) is 0 Å². The van der Waals surface area contributed by atoms with E-state index in [4.69, 9.17) is 0 Å². The average molecular weight is 310 g/mol. The highest BCUT2D eigenvalue weighted by atomic mass is 16.1. The maximum Gasteiger partial charge on any atom is 0.221 e. The lowest BCUT2D eigenvalue weighted by Crippen LogP contribution is -2.30. The number of carbonyl (C=O) groups is 1. The second kappa shape index (κ2) is 9.11. The predicted molar refractivity (Wildman–Crippen MR) is 95.0 cm³/mol. The van der Waals surface area contributed by atoms with Gasteiger partial charge in [0.1, 0.15) is 0 Å². The smallest absolute Gasteiger partial charge is 0.221 e. The zero-order chi connectivity index (χ0) is 16.5. The van der Waals surface area contributed by atoms with Crippen LogP contribution in [0.2, 0.25) is 0 Å². The standard InChI is InChI=1S/C20H26N2O/c1-3-22(16-19-7-5-4-6-8-19)14-13-20(23)21-15-18-11-9-17(2)10-12-18/h4-12H,3,13-16H2,1-2H3,(H,21,23). The largest absolute Gasteiger partial charge is 0.352 e. The minimum atomic E-state index is 0.108. The maximum absolute atomic E-state index is 12.0. The molecule has 0 aliphatic carbocycles. The van der Waals surface area contributed by atoms with E-state index in [2.05, 4.69) is 72.6 Å². The van der Waals surface area contributed by atoms with Gasteiger partial charge in [0, 0.05) is 26.1 Å². The van der Waals surface area contributed by atoms with Crippen LogP contribution in [0.3, 0.4) is 0 Å². The number of hydrogen-bond acceptors (Lipinski definition) is 2. The minimum Gasteiger partial charge on any atom is -0.352 e. The molecule has 0 unspecified atom stereocenters. The summed E-state index contributed by atoms with van der Waals surface area (Å²) in [6, 6.07) is 18.6. The van der Waals surface area contributed by atoms with Crippen molar-refractivity contribution >= 4 is 5.91 Å². The number of benzene rings is 2. The van der Waals surface area contributed by atoms with Crippen molar-refractivity contribution in [3.8, 4) is 0 Å². The van der Waals surface area contributed by atoms with Crippen LogP contribution in [0.1, 0.15) is 30.0 Å². The summed E-state index contributed by atoms with van der Waals surface area (Å²) >= 11 is 0. The van der Waals surface area contributed by atoms with Crippen molar-refractivity contribution in [2.45, 2.75) is 33.4 Å². The van der Waals surface area contributed by atoms with E-state index >= 15 is 0 Å². The Kier molecular flexibility index (Phi) is 6.82. The number of nitrogens with one attached hydrogen (secondary N) is 1. The molecule has 0 saturated carbocycles. The molecule has 2 rings (SSSR count). The summed E-state index contributed by atoms with van der Waals surface area (Å²) in [6.07, 6.45) is 0.534. The molecule has 23 heavy (non-hydrogen) atoms. The molecule has 0 atom stereocenters. The van der Waals surface area contributed by atoms with Crippen LogP contribution in [-0.2, 0) is 17.9 Å². The van der Waals surface area contributed by atoms with Gasteiger partial charge in [0.2, 0.25) is 5.91 Å². The molecule has 3 nitrogen and oxygen atoms in total. The molecule has 122 valence electrons. The second-order valence-corrected chi connectivity index (χ2v) is 5.87. The highest BCUT2D eigenvalue weighted by Gasteiger charge is 2.07. The lowest BCUT2D eigenvalue weighted by atomic mass is 10.1. The van der Waals surface area contributed by atoms with E-state index in [-0.39, 0.29) is 5.91 Å². The molecule has 0 spiro atoms. The van der Waals surface area contributed by atoms with Crippen molar-refractivity contribution in [2.75, 3.05) is 13.1 Å². The van der Waals surface area contributed by atoms with Crippen LogP contribution >= 0.6 is 0 Å². The molecule has 0 heterocycles. The molecule has 0 saturated heterocycles. The molecule has 0 aromatic heterocycles. The number of carbonyl (C=O) groups excluding carboxylic acids is 1. The van der Waals surface area contributed by atoms with Crippen molar-refractivity contribution in [1.82, 2.24) is 10.2 Å². The summed E-state index contributed by atoms with van der Waals surface area (Å²) < 4.78 is 0. The molecule has 0 radical (unpaired) electrons. The van der Waals surface area contributed by atoms with E-state index in [9.17, 15) is 4.79 Å². The molecular weight excluding hydrogens is 284 g/mol. The van der Waals surface area contributed by atoms with E-state index in [1.165, 1.54) is 11.1 Å². The summed E-state index contributed by atoms with van der Waals surface area (Å²) in [5.74, 6) is 0.108. The Hall–Kier alpha value is -2.13. The molecule has 1 N–H and O–H groups in total. The molecule has 3 heteroatoms. The van der Waals surface area contributed by atoms with E-state index in [0.29, 0.717) is 13.0 Å². The number of aryl methyl sites for hydroxylation is 1. The molecule has 0 aliphatic heterocycles. The Balaban J connectivity index is 1.72. The molecule has 0 aliphatic rings. The van der Waals surface area contributed by atoms with E-state index in [1.807, 2.05) is 6.07 Å². The van der Waals surface area contributed by atoms with Crippen molar-refractivity contribution in [1.29, 1.82) is 0 Å². The van der Waals surface area contributed by atoms with Gasteiger partial charge >= 0.3 is 0 Å². The first kappa shape index (κ1) is 17.2. The number of nitrogens with zero attached hydrogens (tertiary/aromatic N) is 1. The van der Waals surface area contributed by atoms with Crippen LogP contribution in [-0.4, -0.2) is 23.9 Å². The normalized spacial score (nSPS) is 10.7. The van der Waals surface area contributed by atoms with Gasteiger partial charge < -0.3 is 5.32 Å². The van der Waals surface area contributed by atoms with Crippen molar-refractivity contribution in [3.05, 3.63) is 71.3 Å². The number of rotatable bonds is 8. The van der Waals surface area contributed by atoms with Gasteiger partial charge in [-0.05, 0) is 24.6 Å². The van der Waals surface area contributed by atoms with E-state index < -0.39 is 0 Å². The quantitative estimate of drug-likeness (QED) is 0.809. The summed E-state index contributed by atoms with van der Waals surface area (Å²) in [6.45, 7) is 7.42. The van der Waals surface area contributed by atoms with Gasteiger partial charge in [-0.2, -0.15) is 0 Å². The van der Waals surface area contributed by atoms with Gasteiger partial charge in [0.25, 0.3) is 0 Å². The third kappa shape index (κ3) is 6.25. The van der Waals surface area contributed by atoms with Crippen LogP contribution in [0.5, 0.6) is 0 Å². The van der Waals surface area contributed by atoms with E-state index in [1.54, 1.807) is 0 Å². The lowest BCUT2D eigenvalue weighted by molar-refractivity contribution is -0.121. The molecular formula is C20H26N2O. The first-order valence-electron chi connectivity index (χ1n) is 8.26. The minimum absolute atomic E-state index is 0.108. The predicted octanol–water partition coefficient (Wildman–Crippen LogP) is 3.52. The summed E-state index contributed by atoms with van der Waals surface area (Å²) in [5, 5.41) is 3.00. The second-order valence-electron chi connectivity index (χ2n) is 5.87. The molecule has 0 fully saturated rings. The van der Waals surface area contributed by atoms with Crippen LogP contribution < -0.4 is 5.32 Å². The Bertz CT molecular complexity index is 593. The number of amides is 1. The molecule has 1 amide bonds. The fourth-order valence-electron chi connectivity index (χ4n) is 2.45. The highest BCUT2D eigenvalue weighted by molar-refractivity contribution is 5.76. The monoisotopic (exact) mass is 310 g/mol. The average Bonchev–Trinajstić information content (AvgIpc) is 2.59. The zero-order valence-corrected chi connectivity index (χ0v) is 14.1. The third-order valence-electron chi connectivity index (χ3n) is 3.96.